The van der Waals surface area contributed by atoms with Gasteiger partial charge in [0.15, 0.2) is 3.23 Å². The summed E-state index contributed by atoms with van der Waals surface area (Å²) >= 11 is 6.19. The van der Waals surface area contributed by atoms with Gasteiger partial charge in [-0.15, -0.1) is 0 Å². The van der Waals surface area contributed by atoms with Crippen molar-refractivity contribution in [2.24, 2.45) is 0 Å². The van der Waals surface area contributed by atoms with Gasteiger partial charge in [0.25, 0.3) is 0 Å². The first-order valence-corrected chi connectivity index (χ1v) is 5.20. The number of rotatable bonds is 5. The second-order valence-electron chi connectivity index (χ2n) is 2.47. The van der Waals surface area contributed by atoms with Crippen LogP contribution in [0.4, 0.5) is 0 Å². The van der Waals surface area contributed by atoms with Crippen LogP contribution in [0.1, 0.15) is 32.6 Å². The fourth-order valence-electron chi connectivity index (χ4n) is 0.704. The molecule has 2 nitrogen and oxygen atoms in total. The van der Waals surface area contributed by atoms with Crippen molar-refractivity contribution >= 4 is 37.8 Å². The molecule has 0 heterocycles. The Kier molecular flexibility index (Phi) is 5.34. The summed E-state index contributed by atoms with van der Waals surface area (Å²) in [6, 6.07) is 0. The van der Waals surface area contributed by atoms with Crippen LogP contribution in [0.25, 0.3) is 0 Å². The number of carboxylic acid groups (broad SMARTS) is 1. The van der Waals surface area contributed by atoms with Crippen molar-refractivity contribution < 1.29 is 9.90 Å². The summed E-state index contributed by atoms with van der Waals surface area (Å²) in [6.45, 7) is 2.09. The van der Waals surface area contributed by atoms with E-state index in [1.54, 1.807) is 0 Å². The lowest BCUT2D eigenvalue weighted by molar-refractivity contribution is -0.137. The van der Waals surface area contributed by atoms with Crippen molar-refractivity contribution in [1.29, 1.82) is 0 Å². The Morgan fingerprint density at radius 2 is 2.00 bits per heavy atom. The topological polar surface area (TPSA) is 37.3 Å². The van der Waals surface area contributed by atoms with Crippen LogP contribution < -0.4 is 0 Å². The molecule has 0 aliphatic heterocycles. The number of carboxylic acids is 1. The van der Waals surface area contributed by atoms with E-state index in [4.69, 9.17) is 5.11 Å². The van der Waals surface area contributed by atoms with Crippen molar-refractivity contribution in [3.63, 3.8) is 0 Å². The minimum absolute atomic E-state index is 0.621. The smallest absolute Gasteiger partial charge is 0.331 e. The lowest BCUT2D eigenvalue weighted by Crippen LogP contribution is -2.23. The highest BCUT2D eigenvalue weighted by Gasteiger charge is 2.30. The molecule has 0 atom stereocenters. The first kappa shape index (κ1) is 11.4. The molecule has 0 aromatic rings. The second kappa shape index (κ2) is 5.14. The Bertz CT molecular complexity index is 134. The molecule has 0 radical (unpaired) electrons. The van der Waals surface area contributed by atoms with Crippen LogP contribution in [0.15, 0.2) is 0 Å². The largest absolute Gasteiger partial charge is 0.480 e. The van der Waals surface area contributed by atoms with Crippen molar-refractivity contribution in [1.82, 2.24) is 0 Å². The number of aliphatic carboxylic acids is 1. The SMILES string of the molecule is CCCCCC(Br)(Br)C(=O)O. The Hall–Kier alpha value is 0.430. The fourth-order valence-corrected chi connectivity index (χ4v) is 1.26. The molecule has 11 heavy (non-hydrogen) atoms. The van der Waals surface area contributed by atoms with E-state index in [1.165, 1.54) is 0 Å². The van der Waals surface area contributed by atoms with E-state index in [0.29, 0.717) is 6.42 Å². The van der Waals surface area contributed by atoms with Crippen LogP contribution in [0.2, 0.25) is 0 Å². The fraction of sp³-hybridized carbons (Fsp3) is 0.857. The number of unbranched alkanes of at least 4 members (excludes halogenated alkanes) is 2. The summed E-state index contributed by atoms with van der Waals surface area (Å²) in [7, 11) is 0. The van der Waals surface area contributed by atoms with E-state index in [0.717, 1.165) is 19.3 Å². The van der Waals surface area contributed by atoms with Gasteiger partial charge in [-0.1, -0.05) is 58.0 Å². The zero-order valence-electron chi connectivity index (χ0n) is 6.44. The number of carbonyl (C=O) groups is 1. The van der Waals surface area contributed by atoms with Gasteiger partial charge >= 0.3 is 5.97 Å². The summed E-state index contributed by atoms with van der Waals surface area (Å²) < 4.78 is -0.908. The summed E-state index contributed by atoms with van der Waals surface area (Å²) in [4.78, 5) is 10.5. The Labute approximate surface area is 83.6 Å². The number of halogens is 2. The normalized spacial score (nSPS) is 11.5. The van der Waals surface area contributed by atoms with E-state index in [9.17, 15) is 4.79 Å². The number of hydrogen-bond donors (Lipinski definition) is 1. The molecule has 0 unspecified atom stereocenters. The lowest BCUT2D eigenvalue weighted by atomic mass is 10.1. The van der Waals surface area contributed by atoms with E-state index >= 15 is 0 Å². The highest BCUT2D eigenvalue weighted by molar-refractivity contribution is 9.25. The van der Waals surface area contributed by atoms with Crippen molar-refractivity contribution in [3.8, 4) is 0 Å². The molecule has 66 valence electrons. The average molecular weight is 288 g/mol. The van der Waals surface area contributed by atoms with Gasteiger partial charge in [0, 0.05) is 0 Å². The summed E-state index contributed by atoms with van der Waals surface area (Å²) in [5.41, 5.74) is 0. The van der Waals surface area contributed by atoms with Crippen LogP contribution in [-0.4, -0.2) is 14.3 Å². The molecule has 0 aromatic carbocycles. The molecule has 0 aromatic heterocycles. The molecule has 1 N–H and O–H groups in total. The van der Waals surface area contributed by atoms with Gasteiger partial charge < -0.3 is 5.11 Å². The molecule has 0 aliphatic rings. The van der Waals surface area contributed by atoms with Crippen molar-refractivity contribution in [2.75, 3.05) is 0 Å². The van der Waals surface area contributed by atoms with Crippen LogP contribution in [0.5, 0.6) is 0 Å². The third kappa shape index (κ3) is 4.80. The molecule has 0 amide bonds. The summed E-state index contributed by atoms with van der Waals surface area (Å²) in [6.07, 6.45) is 3.73. The minimum Gasteiger partial charge on any atom is -0.480 e. The number of hydrogen-bond acceptors (Lipinski definition) is 1. The highest BCUT2D eigenvalue weighted by Crippen LogP contribution is 2.32. The van der Waals surface area contributed by atoms with Gasteiger partial charge in [-0.05, 0) is 6.42 Å². The average Bonchev–Trinajstić information content (AvgIpc) is 1.88. The third-order valence-electron chi connectivity index (χ3n) is 1.41. The predicted molar refractivity (Wildman–Crippen MR) is 52.4 cm³/mol. The molecule has 4 heteroatoms. The number of alkyl halides is 2. The van der Waals surface area contributed by atoms with E-state index < -0.39 is 9.20 Å². The lowest BCUT2D eigenvalue weighted by Gasteiger charge is -2.13. The van der Waals surface area contributed by atoms with Crippen LogP contribution >= 0.6 is 31.9 Å². The maximum Gasteiger partial charge on any atom is 0.331 e. The highest BCUT2D eigenvalue weighted by atomic mass is 79.9. The standard InChI is InChI=1S/C7H12Br2O2/c1-2-3-4-5-7(8,9)6(10)11/h2-5H2,1H3,(H,10,11). The molecule has 0 bridgehead atoms. The quantitative estimate of drug-likeness (QED) is 0.623. The van der Waals surface area contributed by atoms with Gasteiger partial charge in [-0.2, -0.15) is 0 Å². The van der Waals surface area contributed by atoms with Crippen molar-refractivity contribution in [3.05, 3.63) is 0 Å². The first-order chi connectivity index (χ1) is 5.00. The monoisotopic (exact) mass is 286 g/mol. The molecule has 0 spiro atoms. The molecule has 0 fully saturated rings. The predicted octanol–water partition coefficient (Wildman–Crippen LogP) is 3.14. The summed E-state index contributed by atoms with van der Waals surface area (Å²) in [5, 5.41) is 8.65. The van der Waals surface area contributed by atoms with Crippen LogP contribution in [0, 0.1) is 0 Å². The molecule has 0 rings (SSSR count). The summed E-state index contributed by atoms with van der Waals surface area (Å²) in [5.74, 6) is -0.853. The van der Waals surface area contributed by atoms with Gasteiger partial charge in [0.1, 0.15) is 0 Å². The molecule has 0 saturated heterocycles. The first-order valence-electron chi connectivity index (χ1n) is 3.62. The van der Waals surface area contributed by atoms with Crippen molar-refractivity contribution in [2.45, 2.75) is 35.8 Å². The van der Waals surface area contributed by atoms with Crippen LogP contribution in [0.3, 0.4) is 0 Å². The zero-order chi connectivity index (χ0) is 8.91. The van der Waals surface area contributed by atoms with Gasteiger partial charge in [0.05, 0.1) is 0 Å². The Balaban J connectivity index is 3.64. The maximum atomic E-state index is 10.5. The maximum absolute atomic E-state index is 10.5. The van der Waals surface area contributed by atoms with Gasteiger partial charge in [-0.3, -0.25) is 0 Å². The van der Waals surface area contributed by atoms with E-state index in [2.05, 4.69) is 38.8 Å². The Morgan fingerprint density at radius 1 is 1.45 bits per heavy atom. The molecular weight excluding hydrogens is 276 g/mol. The molecular formula is C7H12Br2O2. The van der Waals surface area contributed by atoms with E-state index in [-0.39, 0.29) is 0 Å². The second-order valence-corrected chi connectivity index (χ2v) is 6.24. The molecule has 0 aliphatic carbocycles. The van der Waals surface area contributed by atoms with Gasteiger partial charge in [0.2, 0.25) is 0 Å². The zero-order valence-corrected chi connectivity index (χ0v) is 9.61. The van der Waals surface area contributed by atoms with E-state index in [1.807, 2.05) is 0 Å². The third-order valence-corrected chi connectivity index (χ3v) is 2.88. The van der Waals surface area contributed by atoms with Gasteiger partial charge in [-0.25, -0.2) is 4.79 Å². The molecule has 0 saturated carbocycles. The van der Waals surface area contributed by atoms with Crippen LogP contribution in [-0.2, 0) is 4.79 Å². The minimum atomic E-state index is -0.908. The Morgan fingerprint density at radius 3 is 2.36 bits per heavy atom.